The van der Waals surface area contributed by atoms with Gasteiger partial charge < -0.3 is 5.11 Å². The molecule has 1 N–H and O–H groups in total. The molecular formula is C13H18BrClOS. The lowest BCUT2D eigenvalue weighted by Crippen LogP contribution is -2.20. The molecule has 0 aliphatic heterocycles. The average molecular weight is 338 g/mol. The normalized spacial score (nSPS) is 27.1. The largest absolute Gasteiger partial charge is 0.387 e. The monoisotopic (exact) mass is 336 g/mol. The van der Waals surface area contributed by atoms with E-state index >= 15 is 0 Å². The second-order valence-corrected chi connectivity index (χ2v) is 7.46. The van der Waals surface area contributed by atoms with Crippen LogP contribution in [0.5, 0.6) is 0 Å². The molecule has 0 bridgehead atoms. The van der Waals surface area contributed by atoms with Crippen molar-refractivity contribution in [1.82, 2.24) is 0 Å². The van der Waals surface area contributed by atoms with Crippen molar-refractivity contribution in [3.05, 3.63) is 19.8 Å². The molecule has 0 aromatic carbocycles. The Labute approximate surface area is 120 Å². The maximum absolute atomic E-state index is 10.4. The first-order valence-corrected chi connectivity index (χ1v) is 8.23. The molecule has 1 heterocycles. The fourth-order valence-electron chi connectivity index (χ4n) is 2.73. The third kappa shape index (κ3) is 3.25. The molecule has 3 unspecified atom stereocenters. The summed E-state index contributed by atoms with van der Waals surface area (Å²) in [6, 6.07) is 1.97. The van der Waals surface area contributed by atoms with Crippen molar-refractivity contribution in [2.24, 2.45) is 11.8 Å². The molecule has 17 heavy (non-hydrogen) atoms. The highest BCUT2D eigenvalue weighted by Crippen LogP contribution is 2.43. The Kier molecular flexibility index (Phi) is 4.93. The zero-order chi connectivity index (χ0) is 12.4. The Morgan fingerprint density at radius 2 is 2.35 bits per heavy atom. The summed E-state index contributed by atoms with van der Waals surface area (Å²) in [5, 5.41) is 10.4. The van der Waals surface area contributed by atoms with Gasteiger partial charge in [0.05, 0.1) is 6.10 Å². The van der Waals surface area contributed by atoms with Crippen molar-refractivity contribution in [1.29, 1.82) is 0 Å². The third-order valence-electron chi connectivity index (χ3n) is 3.80. The van der Waals surface area contributed by atoms with Crippen LogP contribution in [0.2, 0.25) is 4.34 Å². The maximum atomic E-state index is 10.4. The van der Waals surface area contributed by atoms with E-state index in [-0.39, 0.29) is 6.10 Å². The van der Waals surface area contributed by atoms with Gasteiger partial charge in [-0.3, -0.25) is 0 Å². The molecule has 1 aliphatic carbocycles. The Morgan fingerprint density at radius 3 is 2.94 bits per heavy atom. The van der Waals surface area contributed by atoms with Gasteiger partial charge in [0.15, 0.2) is 0 Å². The smallest absolute Gasteiger partial charge is 0.107 e. The van der Waals surface area contributed by atoms with Crippen LogP contribution in [0.1, 0.15) is 50.0 Å². The minimum atomic E-state index is -0.335. The molecule has 4 heteroatoms. The highest BCUT2D eigenvalue weighted by Gasteiger charge is 2.28. The Balaban J connectivity index is 2.06. The summed E-state index contributed by atoms with van der Waals surface area (Å²) < 4.78 is 1.64. The van der Waals surface area contributed by atoms with Crippen LogP contribution >= 0.6 is 38.9 Å². The van der Waals surface area contributed by atoms with Gasteiger partial charge >= 0.3 is 0 Å². The van der Waals surface area contributed by atoms with E-state index < -0.39 is 0 Å². The first-order chi connectivity index (χ1) is 8.11. The van der Waals surface area contributed by atoms with Crippen LogP contribution in [0.15, 0.2) is 10.5 Å². The first-order valence-electron chi connectivity index (χ1n) is 6.24. The fourth-order valence-corrected chi connectivity index (χ4v) is 4.55. The quantitative estimate of drug-likeness (QED) is 0.781. The number of thiophene rings is 1. The highest BCUT2D eigenvalue weighted by molar-refractivity contribution is 9.10. The zero-order valence-electron chi connectivity index (χ0n) is 9.96. The van der Waals surface area contributed by atoms with Crippen LogP contribution in [-0.4, -0.2) is 5.11 Å². The summed E-state index contributed by atoms with van der Waals surface area (Å²) >= 11 is 10.9. The van der Waals surface area contributed by atoms with E-state index in [1.165, 1.54) is 30.6 Å². The van der Waals surface area contributed by atoms with E-state index in [0.717, 1.165) is 32.4 Å². The molecule has 1 aliphatic rings. The zero-order valence-corrected chi connectivity index (χ0v) is 13.1. The highest BCUT2D eigenvalue weighted by atomic mass is 79.9. The van der Waals surface area contributed by atoms with E-state index in [2.05, 4.69) is 22.9 Å². The standard InChI is InChI=1S/C13H18BrClOS/c1-2-8-4-3-5-9(6-8)12(16)11-7-10(14)13(15)17-11/h7-9,12,16H,2-6H2,1H3. The maximum Gasteiger partial charge on any atom is 0.107 e. The van der Waals surface area contributed by atoms with Crippen LogP contribution in [-0.2, 0) is 0 Å². The molecule has 96 valence electrons. The van der Waals surface area contributed by atoms with Gasteiger partial charge in [-0.25, -0.2) is 0 Å². The van der Waals surface area contributed by atoms with Gasteiger partial charge in [-0.15, -0.1) is 11.3 Å². The summed E-state index contributed by atoms with van der Waals surface area (Å²) in [5.74, 6) is 1.21. The number of hydrogen-bond acceptors (Lipinski definition) is 2. The second-order valence-electron chi connectivity index (χ2n) is 4.92. The number of aliphatic hydroxyl groups is 1. The lowest BCUT2D eigenvalue weighted by atomic mass is 9.77. The van der Waals surface area contributed by atoms with Crippen molar-refractivity contribution < 1.29 is 5.11 Å². The fraction of sp³-hybridized carbons (Fsp3) is 0.692. The lowest BCUT2D eigenvalue weighted by Gasteiger charge is -2.31. The molecule has 0 spiro atoms. The number of aliphatic hydroxyl groups excluding tert-OH is 1. The van der Waals surface area contributed by atoms with Gasteiger partial charge in [-0.2, -0.15) is 0 Å². The van der Waals surface area contributed by atoms with Crippen LogP contribution in [0.4, 0.5) is 0 Å². The SMILES string of the molecule is CCC1CCCC(C(O)c2cc(Br)c(Cl)s2)C1. The van der Waals surface area contributed by atoms with E-state index in [0.29, 0.717) is 5.92 Å². The van der Waals surface area contributed by atoms with Crippen molar-refractivity contribution in [2.45, 2.75) is 45.1 Å². The van der Waals surface area contributed by atoms with E-state index in [4.69, 9.17) is 11.6 Å². The molecule has 0 amide bonds. The number of hydrogen-bond donors (Lipinski definition) is 1. The van der Waals surface area contributed by atoms with E-state index in [1.54, 1.807) is 0 Å². The van der Waals surface area contributed by atoms with E-state index in [1.807, 2.05) is 6.07 Å². The summed E-state index contributed by atoms with van der Waals surface area (Å²) in [4.78, 5) is 1.00. The minimum absolute atomic E-state index is 0.335. The van der Waals surface area contributed by atoms with Crippen molar-refractivity contribution >= 4 is 38.9 Å². The van der Waals surface area contributed by atoms with Crippen LogP contribution in [0.3, 0.4) is 0 Å². The van der Waals surface area contributed by atoms with Gasteiger partial charge in [0.25, 0.3) is 0 Å². The Morgan fingerprint density at radius 1 is 1.59 bits per heavy atom. The van der Waals surface area contributed by atoms with Gasteiger partial charge in [-0.1, -0.05) is 37.8 Å². The first kappa shape index (κ1) is 13.9. The Bertz CT molecular complexity index is 360. The average Bonchev–Trinajstić information content (AvgIpc) is 2.69. The molecule has 0 saturated heterocycles. The summed E-state index contributed by atoms with van der Waals surface area (Å²) in [6.07, 6.45) is 5.78. The van der Waals surface area contributed by atoms with Gasteiger partial charge in [-0.05, 0) is 46.7 Å². The third-order valence-corrected chi connectivity index (χ3v) is 6.35. The summed E-state index contributed by atoms with van der Waals surface area (Å²) in [7, 11) is 0. The molecule has 0 radical (unpaired) electrons. The Hall–Kier alpha value is 0.430. The van der Waals surface area contributed by atoms with Gasteiger partial charge in [0, 0.05) is 9.35 Å². The molecule has 1 aromatic rings. The lowest BCUT2D eigenvalue weighted by molar-refractivity contribution is 0.0705. The topological polar surface area (TPSA) is 20.2 Å². The van der Waals surface area contributed by atoms with Crippen molar-refractivity contribution in [3.8, 4) is 0 Å². The predicted octanol–water partition coefficient (Wildman–Crippen LogP) is 5.41. The van der Waals surface area contributed by atoms with Crippen molar-refractivity contribution in [2.75, 3.05) is 0 Å². The predicted molar refractivity (Wildman–Crippen MR) is 77.7 cm³/mol. The number of halogens is 2. The molecule has 1 aromatic heterocycles. The molecule has 1 fully saturated rings. The van der Waals surface area contributed by atoms with Crippen LogP contribution < -0.4 is 0 Å². The minimum Gasteiger partial charge on any atom is -0.387 e. The summed E-state index contributed by atoms with van der Waals surface area (Å²) in [6.45, 7) is 2.25. The van der Waals surface area contributed by atoms with Gasteiger partial charge in [0.1, 0.15) is 4.34 Å². The van der Waals surface area contributed by atoms with Crippen LogP contribution in [0, 0.1) is 11.8 Å². The molecule has 3 atom stereocenters. The van der Waals surface area contributed by atoms with Crippen molar-refractivity contribution in [3.63, 3.8) is 0 Å². The molecule has 1 nitrogen and oxygen atoms in total. The van der Waals surface area contributed by atoms with Gasteiger partial charge in [0.2, 0.25) is 0 Å². The molecule has 2 rings (SSSR count). The second kappa shape index (κ2) is 6.05. The molecule has 1 saturated carbocycles. The number of rotatable bonds is 3. The van der Waals surface area contributed by atoms with Crippen LogP contribution in [0.25, 0.3) is 0 Å². The summed E-state index contributed by atoms with van der Waals surface area (Å²) in [5.41, 5.74) is 0. The molecular weight excluding hydrogens is 320 g/mol. The van der Waals surface area contributed by atoms with E-state index in [9.17, 15) is 5.11 Å².